The Morgan fingerprint density at radius 3 is 2.54 bits per heavy atom. The first kappa shape index (κ1) is 26.7. The Balaban J connectivity index is 1.58. The van der Waals surface area contributed by atoms with Gasteiger partial charge in [-0.25, -0.2) is 15.0 Å². The second-order valence-corrected chi connectivity index (χ2v) is 9.62. The fraction of sp³-hybridized carbons (Fsp3) is 0.333. The van der Waals surface area contributed by atoms with Gasteiger partial charge in [0.2, 0.25) is 0 Å². The third-order valence-corrected chi connectivity index (χ3v) is 6.78. The zero-order valence-corrected chi connectivity index (χ0v) is 21.4. The number of fused-ring (bicyclic) bond motifs is 1. The Kier molecular flexibility index (Phi) is 7.34. The fourth-order valence-electron chi connectivity index (χ4n) is 4.92. The van der Waals surface area contributed by atoms with Crippen LogP contribution in [0.15, 0.2) is 61.1 Å². The van der Waals surface area contributed by atoms with E-state index < -0.39 is 30.2 Å². The number of likely N-dealkylation sites (tertiary alicyclic amines) is 1. The van der Waals surface area contributed by atoms with Crippen LogP contribution < -0.4 is 5.32 Å². The number of amides is 1. The maximum atomic E-state index is 14.1. The van der Waals surface area contributed by atoms with E-state index in [2.05, 4.69) is 15.3 Å². The molecule has 0 saturated carbocycles. The molecule has 0 radical (unpaired) electrons. The first-order valence-electron chi connectivity index (χ1n) is 12.5. The van der Waals surface area contributed by atoms with E-state index in [1.54, 1.807) is 55.5 Å². The number of hydrogen-bond acceptors (Lipinski definition) is 7. The van der Waals surface area contributed by atoms with E-state index in [-0.39, 0.29) is 11.2 Å². The van der Waals surface area contributed by atoms with Crippen molar-refractivity contribution in [1.82, 2.24) is 29.2 Å². The van der Waals surface area contributed by atoms with Crippen LogP contribution in [0.2, 0.25) is 0 Å². The number of rotatable bonds is 6. The number of nitrogens with one attached hydrogen (secondary N) is 1. The Morgan fingerprint density at radius 1 is 1.10 bits per heavy atom. The Morgan fingerprint density at radius 2 is 1.87 bits per heavy atom. The van der Waals surface area contributed by atoms with Gasteiger partial charge in [0, 0.05) is 36.3 Å². The van der Waals surface area contributed by atoms with Gasteiger partial charge in [0.15, 0.2) is 12.0 Å². The van der Waals surface area contributed by atoms with Crippen LogP contribution in [0.5, 0.6) is 0 Å². The van der Waals surface area contributed by atoms with Gasteiger partial charge < -0.3 is 10.4 Å². The lowest BCUT2D eigenvalue weighted by atomic mass is 10.0. The maximum Gasteiger partial charge on any atom is 0.435 e. The molecule has 0 aliphatic carbocycles. The number of carbonyl (C=O) groups excluding carboxylic acids is 1. The molecule has 9 nitrogen and oxygen atoms in total. The Bertz CT molecular complexity index is 1460. The van der Waals surface area contributed by atoms with Gasteiger partial charge in [-0.15, -0.1) is 0 Å². The minimum absolute atomic E-state index is 0.104. The Labute approximate surface area is 222 Å². The molecule has 5 rings (SSSR count). The lowest BCUT2D eigenvalue weighted by Gasteiger charge is -2.40. The molecule has 12 heteroatoms. The molecule has 2 atom stereocenters. The molecule has 3 aromatic heterocycles. The highest BCUT2D eigenvalue weighted by molar-refractivity contribution is 6.04. The number of anilines is 1. The summed E-state index contributed by atoms with van der Waals surface area (Å²) in [4.78, 5) is 28.6. The van der Waals surface area contributed by atoms with Crippen LogP contribution >= 0.6 is 0 Å². The molecule has 204 valence electrons. The molecule has 1 unspecified atom stereocenters. The summed E-state index contributed by atoms with van der Waals surface area (Å²) in [5, 5.41) is 13.5. The quantitative estimate of drug-likeness (QED) is 0.350. The number of aromatic nitrogens is 4. The normalized spacial score (nSPS) is 17.5. The molecule has 4 aromatic rings. The number of benzene rings is 1. The largest absolute Gasteiger partial charge is 0.435 e. The van der Waals surface area contributed by atoms with E-state index in [4.69, 9.17) is 4.98 Å². The summed E-state index contributed by atoms with van der Waals surface area (Å²) in [6.07, 6.45) is 0.833. The standard InChI is InChI=1S/C27H28F3N7O2/c1-35(2)26(39)36-15-6-4-7-19(36)24-34-21(22-23(27(28,29)30)32-14-16-37(22)24)17-9-11-18(12-10-17)25(38)33-20-8-3-5-13-31-20/h3,5,8-14,16,19,26,39H,4,6-7,15H2,1-2H3,(H,31,33,38)/t19-,26?/m0/s1. The fourth-order valence-corrected chi connectivity index (χ4v) is 4.92. The van der Waals surface area contributed by atoms with Gasteiger partial charge in [-0.1, -0.05) is 24.6 Å². The molecule has 4 heterocycles. The predicted molar refractivity (Wildman–Crippen MR) is 139 cm³/mol. The molecular formula is C27H28F3N7O2. The molecule has 0 bridgehead atoms. The van der Waals surface area contributed by atoms with Crippen molar-refractivity contribution >= 4 is 17.2 Å². The number of aliphatic hydroxyl groups excluding tert-OH is 1. The van der Waals surface area contributed by atoms with Gasteiger partial charge in [-0.05, 0) is 51.2 Å². The van der Waals surface area contributed by atoms with Crippen LogP contribution in [0, 0.1) is 0 Å². The SMILES string of the molecule is CN(C)C(O)N1CCCC[C@H]1c1nc(-c2ccc(C(=O)Nc3ccccn3)cc2)c2c(C(F)(F)F)nccn12. The van der Waals surface area contributed by atoms with Gasteiger partial charge >= 0.3 is 6.18 Å². The van der Waals surface area contributed by atoms with Crippen LogP contribution in [0.3, 0.4) is 0 Å². The topological polar surface area (TPSA) is 98.9 Å². The minimum atomic E-state index is -4.72. The minimum Gasteiger partial charge on any atom is -0.365 e. The Hall–Kier alpha value is -3.87. The average molecular weight is 540 g/mol. The molecule has 1 fully saturated rings. The number of piperidine rings is 1. The van der Waals surface area contributed by atoms with E-state index in [1.807, 2.05) is 4.90 Å². The van der Waals surface area contributed by atoms with Gasteiger partial charge in [0.25, 0.3) is 5.91 Å². The zero-order chi connectivity index (χ0) is 27.7. The molecule has 1 aliphatic heterocycles. The molecule has 1 aromatic carbocycles. The number of nitrogens with zero attached hydrogens (tertiary/aromatic N) is 6. The summed E-state index contributed by atoms with van der Waals surface area (Å²) >= 11 is 0. The van der Waals surface area contributed by atoms with Crippen LogP contribution in [-0.2, 0) is 6.18 Å². The number of alkyl halides is 3. The highest BCUT2D eigenvalue weighted by Gasteiger charge is 2.39. The average Bonchev–Trinajstić information content (AvgIpc) is 3.32. The van der Waals surface area contributed by atoms with Gasteiger partial charge in [0.1, 0.15) is 17.2 Å². The van der Waals surface area contributed by atoms with Gasteiger partial charge in [-0.3, -0.25) is 19.0 Å². The number of hydrogen-bond donors (Lipinski definition) is 2. The van der Waals surface area contributed by atoms with Crippen molar-refractivity contribution in [3.63, 3.8) is 0 Å². The van der Waals surface area contributed by atoms with E-state index in [0.717, 1.165) is 19.0 Å². The highest BCUT2D eigenvalue weighted by atomic mass is 19.4. The molecular weight excluding hydrogens is 511 g/mol. The van der Waals surface area contributed by atoms with Crippen molar-refractivity contribution < 1.29 is 23.1 Å². The number of aliphatic hydroxyl groups is 1. The second kappa shape index (κ2) is 10.7. The predicted octanol–water partition coefficient (Wildman–Crippen LogP) is 4.43. The van der Waals surface area contributed by atoms with Crippen LogP contribution in [-0.4, -0.2) is 67.2 Å². The molecule has 0 spiro atoms. The van der Waals surface area contributed by atoms with Crippen molar-refractivity contribution in [2.45, 2.75) is 37.8 Å². The van der Waals surface area contributed by atoms with E-state index >= 15 is 0 Å². The summed E-state index contributed by atoms with van der Waals surface area (Å²) in [6.45, 7) is 0.575. The number of carbonyl (C=O) groups is 1. The van der Waals surface area contributed by atoms with Gasteiger partial charge in [-0.2, -0.15) is 13.2 Å². The highest BCUT2D eigenvalue weighted by Crippen LogP contribution is 2.39. The van der Waals surface area contributed by atoms with E-state index in [9.17, 15) is 23.1 Å². The second-order valence-electron chi connectivity index (χ2n) is 9.62. The van der Waals surface area contributed by atoms with Crippen molar-refractivity contribution in [2.24, 2.45) is 0 Å². The smallest absolute Gasteiger partial charge is 0.365 e. The summed E-state index contributed by atoms with van der Waals surface area (Å²) in [5.41, 5.74) is -0.397. The molecule has 1 amide bonds. The lowest BCUT2D eigenvalue weighted by Crippen LogP contribution is -2.49. The lowest BCUT2D eigenvalue weighted by molar-refractivity contribution is -0.140. The van der Waals surface area contributed by atoms with Crippen LogP contribution in [0.4, 0.5) is 19.0 Å². The number of halogens is 3. The molecule has 1 aliphatic rings. The summed E-state index contributed by atoms with van der Waals surface area (Å²) in [7, 11) is 3.48. The van der Waals surface area contributed by atoms with Crippen molar-refractivity contribution in [3.8, 4) is 11.3 Å². The third-order valence-electron chi connectivity index (χ3n) is 6.78. The molecule has 1 saturated heterocycles. The molecule has 2 N–H and O–H groups in total. The van der Waals surface area contributed by atoms with E-state index in [1.165, 1.54) is 22.7 Å². The summed E-state index contributed by atoms with van der Waals surface area (Å²) in [6, 6.07) is 10.9. The monoisotopic (exact) mass is 539 g/mol. The first-order chi connectivity index (χ1) is 18.6. The van der Waals surface area contributed by atoms with Crippen molar-refractivity contribution in [3.05, 3.63) is 78.1 Å². The summed E-state index contributed by atoms with van der Waals surface area (Å²) < 4.78 is 43.8. The molecule has 39 heavy (non-hydrogen) atoms. The van der Waals surface area contributed by atoms with Crippen molar-refractivity contribution in [2.75, 3.05) is 26.0 Å². The number of pyridine rings is 1. The van der Waals surface area contributed by atoms with Crippen LogP contribution in [0.1, 0.15) is 47.2 Å². The third kappa shape index (κ3) is 5.35. The van der Waals surface area contributed by atoms with Gasteiger partial charge in [0.05, 0.1) is 11.7 Å². The maximum absolute atomic E-state index is 14.1. The zero-order valence-electron chi connectivity index (χ0n) is 21.4. The summed E-state index contributed by atoms with van der Waals surface area (Å²) in [5.74, 6) is 0.378. The first-order valence-corrected chi connectivity index (χ1v) is 12.5. The van der Waals surface area contributed by atoms with Crippen LogP contribution in [0.25, 0.3) is 16.8 Å². The number of imidazole rings is 1. The van der Waals surface area contributed by atoms with E-state index in [0.29, 0.717) is 35.7 Å². The van der Waals surface area contributed by atoms with Crippen molar-refractivity contribution in [1.29, 1.82) is 0 Å².